The summed E-state index contributed by atoms with van der Waals surface area (Å²) in [5.74, 6) is 2.38. The van der Waals surface area contributed by atoms with Crippen LogP contribution in [0.4, 0.5) is 0 Å². The zero-order valence-corrected chi connectivity index (χ0v) is 22.3. The molecule has 3 N–H and O–H groups in total. The number of rotatable bonds is 10. The number of esters is 1. The second-order valence-corrected chi connectivity index (χ2v) is 11.4. The first kappa shape index (κ1) is 27.3. The van der Waals surface area contributed by atoms with Gasteiger partial charge in [0.05, 0.1) is 19.3 Å². The second-order valence-electron chi connectivity index (χ2n) is 11.4. The second kappa shape index (κ2) is 14.2. The van der Waals surface area contributed by atoms with E-state index in [1.807, 2.05) is 14.0 Å². The summed E-state index contributed by atoms with van der Waals surface area (Å²) in [5, 5.41) is 11.4. The molecule has 0 aromatic heterocycles. The minimum absolute atomic E-state index is 0.0883. The molecule has 2 saturated heterocycles. The van der Waals surface area contributed by atoms with Gasteiger partial charge in [-0.3, -0.25) is 25.6 Å². The Balaban J connectivity index is 1.04. The predicted octanol–water partition coefficient (Wildman–Crippen LogP) is 2.00. The zero-order chi connectivity index (χ0) is 24.5. The summed E-state index contributed by atoms with van der Waals surface area (Å²) in [7, 11) is 1.86. The van der Waals surface area contributed by atoms with Crippen LogP contribution in [0.3, 0.4) is 0 Å². The first-order valence-corrected chi connectivity index (χ1v) is 14.5. The lowest BCUT2D eigenvalue weighted by molar-refractivity contribution is -0.144. The fraction of sp³-hybridized carbons (Fsp3) is 0.963. The van der Waals surface area contributed by atoms with Crippen LogP contribution >= 0.6 is 0 Å². The van der Waals surface area contributed by atoms with E-state index in [1.54, 1.807) is 0 Å². The van der Waals surface area contributed by atoms with E-state index in [2.05, 4.69) is 25.8 Å². The fourth-order valence-corrected chi connectivity index (χ4v) is 6.71. The van der Waals surface area contributed by atoms with Crippen molar-refractivity contribution < 1.29 is 14.3 Å². The monoisotopic (exact) mass is 493 g/mol. The molecular formula is C27H51N5O3. The van der Waals surface area contributed by atoms with Crippen molar-refractivity contribution in [1.82, 2.24) is 25.8 Å². The van der Waals surface area contributed by atoms with Crippen LogP contribution in [0, 0.1) is 17.8 Å². The van der Waals surface area contributed by atoms with Gasteiger partial charge in [0, 0.05) is 52.4 Å². The lowest BCUT2D eigenvalue weighted by atomic mass is 9.78. The molecule has 4 fully saturated rings. The maximum atomic E-state index is 11.7. The Morgan fingerprint density at radius 3 is 2.17 bits per heavy atom. The van der Waals surface area contributed by atoms with Crippen molar-refractivity contribution in [2.75, 3.05) is 66.1 Å². The van der Waals surface area contributed by atoms with Gasteiger partial charge in [-0.15, -0.1) is 0 Å². The molecule has 2 aliphatic heterocycles. The van der Waals surface area contributed by atoms with E-state index in [0.717, 1.165) is 57.0 Å². The largest absolute Gasteiger partial charge is 0.465 e. The number of carbonyl (C=O) groups excluding carboxylic acids is 1. The van der Waals surface area contributed by atoms with Crippen molar-refractivity contribution in [2.45, 2.75) is 83.1 Å². The molecule has 4 aliphatic rings. The number of nitrogens with zero attached hydrogens (tertiary/aromatic N) is 2. The van der Waals surface area contributed by atoms with E-state index in [-0.39, 0.29) is 12.3 Å². The smallest absolute Gasteiger partial charge is 0.320 e. The molecule has 2 saturated carbocycles. The number of piperazine rings is 1. The number of hydrogen-bond acceptors (Lipinski definition) is 8. The summed E-state index contributed by atoms with van der Waals surface area (Å²) in [5.41, 5.74) is 0. The van der Waals surface area contributed by atoms with Crippen LogP contribution in [0.5, 0.6) is 0 Å². The van der Waals surface area contributed by atoms with Gasteiger partial charge in [0.25, 0.3) is 0 Å². The maximum Gasteiger partial charge on any atom is 0.320 e. The van der Waals surface area contributed by atoms with Crippen LogP contribution in [-0.4, -0.2) is 100 Å². The molecule has 0 unspecified atom stereocenters. The highest BCUT2D eigenvalue weighted by atomic mass is 16.5. The Morgan fingerprint density at radius 2 is 1.54 bits per heavy atom. The summed E-state index contributed by atoms with van der Waals surface area (Å²) in [4.78, 5) is 16.5. The maximum absolute atomic E-state index is 11.7. The van der Waals surface area contributed by atoms with Crippen molar-refractivity contribution in [1.29, 1.82) is 0 Å². The van der Waals surface area contributed by atoms with E-state index in [4.69, 9.17) is 9.47 Å². The van der Waals surface area contributed by atoms with Gasteiger partial charge in [0.15, 0.2) is 0 Å². The Morgan fingerprint density at radius 1 is 0.886 bits per heavy atom. The van der Waals surface area contributed by atoms with E-state index in [9.17, 15) is 4.79 Å². The molecular weight excluding hydrogens is 442 g/mol. The van der Waals surface area contributed by atoms with Crippen LogP contribution in [0.25, 0.3) is 0 Å². The SMILES string of the molecule is CCOC(=O)CN1CCN(CCC2CCC(NC3NCC(C4CCC(OC)CC4)CN3)CC2)CC1. The van der Waals surface area contributed by atoms with Gasteiger partial charge >= 0.3 is 5.97 Å². The number of nitrogens with one attached hydrogen (secondary N) is 3. The number of carbonyl (C=O) groups is 1. The molecule has 8 heteroatoms. The van der Waals surface area contributed by atoms with Crippen molar-refractivity contribution in [3.05, 3.63) is 0 Å². The standard InChI is InChI=1S/C27H51N5O3/c1-3-35-26(33)20-32-16-14-31(15-17-32)13-12-21-4-8-24(9-5-21)30-27-28-18-23(19-29-27)22-6-10-25(34-2)11-7-22/h21-25,27-30H,3-20H2,1-2H3. The summed E-state index contributed by atoms with van der Waals surface area (Å²) in [6, 6.07) is 0.636. The summed E-state index contributed by atoms with van der Waals surface area (Å²) in [6.45, 7) is 10.4. The van der Waals surface area contributed by atoms with Crippen molar-refractivity contribution in [2.24, 2.45) is 17.8 Å². The van der Waals surface area contributed by atoms with Crippen molar-refractivity contribution >= 4 is 5.97 Å². The Labute approximate surface area is 213 Å². The van der Waals surface area contributed by atoms with Gasteiger partial charge in [-0.1, -0.05) is 0 Å². The van der Waals surface area contributed by atoms with Crippen molar-refractivity contribution in [3.8, 4) is 0 Å². The molecule has 0 spiro atoms. The lowest BCUT2D eigenvalue weighted by Gasteiger charge is -2.40. The third-order valence-electron chi connectivity index (χ3n) is 9.11. The molecule has 2 aliphatic carbocycles. The molecule has 0 amide bonds. The van der Waals surface area contributed by atoms with E-state index in [0.29, 0.717) is 25.3 Å². The van der Waals surface area contributed by atoms with E-state index in [1.165, 1.54) is 64.3 Å². The van der Waals surface area contributed by atoms with Gasteiger partial charge in [0.1, 0.15) is 6.29 Å². The minimum atomic E-state index is -0.0883. The van der Waals surface area contributed by atoms with Crippen LogP contribution in [-0.2, 0) is 14.3 Å². The Hall–Kier alpha value is -0.770. The molecule has 0 radical (unpaired) electrons. The quantitative estimate of drug-likeness (QED) is 0.399. The average Bonchev–Trinajstić information content (AvgIpc) is 2.90. The molecule has 35 heavy (non-hydrogen) atoms. The van der Waals surface area contributed by atoms with E-state index >= 15 is 0 Å². The molecule has 0 bridgehead atoms. The van der Waals surface area contributed by atoms with Crippen LogP contribution in [0.1, 0.15) is 64.7 Å². The van der Waals surface area contributed by atoms with E-state index < -0.39 is 0 Å². The molecule has 202 valence electrons. The Kier molecular flexibility index (Phi) is 11.1. The molecule has 2 heterocycles. The van der Waals surface area contributed by atoms with Crippen LogP contribution < -0.4 is 16.0 Å². The molecule has 0 atom stereocenters. The summed E-state index contributed by atoms with van der Waals surface area (Å²) < 4.78 is 10.6. The third kappa shape index (κ3) is 8.64. The topological polar surface area (TPSA) is 78.1 Å². The first-order valence-electron chi connectivity index (χ1n) is 14.5. The fourth-order valence-electron chi connectivity index (χ4n) is 6.71. The number of hydrogen-bond donors (Lipinski definition) is 3. The van der Waals surface area contributed by atoms with Crippen LogP contribution in [0.15, 0.2) is 0 Å². The van der Waals surface area contributed by atoms with Crippen molar-refractivity contribution in [3.63, 3.8) is 0 Å². The first-order chi connectivity index (χ1) is 17.1. The third-order valence-corrected chi connectivity index (χ3v) is 9.11. The average molecular weight is 494 g/mol. The molecule has 4 rings (SSSR count). The molecule has 0 aromatic rings. The Bertz CT molecular complexity index is 606. The lowest BCUT2D eigenvalue weighted by Crippen LogP contribution is -2.63. The number of methoxy groups -OCH3 is 1. The minimum Gasteiger partial charge on any atom is -0.465 e. The number of ether oxygens (including phenoxy) is 2. The molecule has 0 aromatic carbocycles. The highest BCUT2D eigenvalue weighted by Crippen LogP contribution is 2.32. The summed E-state index contributed by atoms with van der Waals surface area (Å²) in [6.07, 6.45) is 12.5. The van der Waals surface area contributed by atoms with Gasteiger partial charge in [0.2, 0.25) is 0 Å². The predicted molar refractivity (Wildman–Crippen MR) is 139 cm³/mol. The van der Waals surface area contributed by atoms with Gasteiger partial charge in [-0.25, -0.2) is 0 Å². The van der Waals surface area contributed by atoms with Crippen LogP contribution in [0.2, 0.25) is 0 Å². The molecule has 8 nitrogen and oxygen atoms in total. The van der Waals surface area contributed by atoms with Gasteiger partial charge in [-0.05, 0) is 89.0 Å². The summed E-state index contributed by atoms with van der Waals surface area (Å²) >= 11 is 0. The highest BCUT2D eigenvalue weighted by molar-refractivity contribution is 5.71. The highest BCUT2D eigenvalue weighted by Gasteiger charge is 2.32. The van der Waals surface area contributed by atoms with Gasteiger partial charge in [-0.2, -0.15) is 0 Å². The normalized spacial score (nSPS) is 35.6. The van der Waals surface area contributed by atoms with Gasteiger partial charge < -0.3 is 14.4 Å². The zero-order valence-electron chi connectivity index (χ0n) is 22.3.